The van der Waals surface area contributed by atoms with Crippen LogP contribution in [-0.2, 0) is 0 Å². The predicted molar refractivity (Wildman–Crippen MR) is 75.6 cm³/mol. The number of hydrogen-bond acceptors (Lipinski definition) is 3. The van der Waals surface area contributed by atoms with Crippen molar-refractivity contribution in [3.63, 3.8) is 0 Å². The van der Waals surface area contributed by atoms with E-state index in [4.69, 9.17) is 11.6 Å². The molecule has 0 aromatic heterocycles. The minimum atomic E-state index is 0.655. The van der Waals surface area contributed by atoms with E-state index in [1.54, 1.807) is 12.1 Å². The zero-order valence-electron chi connectivity index (χ0n) is 9.86. The van der Waals surface area contributed by atoms with E-state index < -0.39 is 0 Å². The van der Waals surface area contributed by atoms with Crippen molar-refractivity contribution in [1.29, 1.82) is 0 Å². The van der Waals surface area contributed by atoms with E-state index in [9.17, 15) is 4.79 Å². The summed E-state index contributed by atoms with van der Waals surface area (Å²) in [6.07, 6.45) is 2.08. The quantitative estimate of drug-likeness (QED) is 0.784. The molecule has 0 radical (unpaired) electrons. The number of rotatable bonds is 3. The molecule has 1 unspecified atom stereocenters. The Morgan fingerprint density at radius 1 is 1.59 bits per heavy atom. The fraction of sp³-hybridized carbons (Fsp3) is 0.462. The second-order valence-corrected chi connectivity index (χ2v) is 6.01. The average molecular weight is 270 g/mol. The van der Waals surface area contributed by atoms with Crippen molar-refractivity contribution in [2.75, 3.05) is 23.7 Å². The van der Waals surface area contributed by atoms with Crippen LogP contribution in [0, 0.1) is 0 Å². The first kappa shape index (κ1) is 12.8. The molecule has 0 bridgehead atoms. The molecular weight excluding hydrogens is 254 g/mol. The van der Waals surface area contributed by atoms with Crippen LogP contribution in [0.5, 0.6) is 0 Å². The molecule has 1 aromatic rings. The van der Waals surface area contributed by atoms with Gasteiger partial charge in [0.25, 0.3) is 0 Å². The number of carbonyl (C=O) groups excluding carboxylic acids is 1. The smallest absolute Gasteiger partial charge is 0.152 e. The van der Waals surface area contributed by atoms with Gasteiger partial charge in [0.15, 0.2) is 6.29 Å². The largest absolute Gasteiger partial charge is 0.369 e. The van der Waals surface area contributed by atoms with Gasteiger partial charge in [0.05, 0.1) is 0 Å². The molecule has 2 nitrogen and oxygen atoms in total. The zero-order valence-corrected chi connectivity index (χ0v) is 11.4. The molecule has 17 heavy (non-hydrogen) atoms. The molecule has 1 aliphatic heterocycles. The Kier molecular flexibility index (Phi) is 4.35. The molecule has 0 amide bonds. The van der Waals surface area contributed by atoms with Gasteiger partial charge in [-0.3, -0.25) is 4.79 Å². The van der Waals surface area contributed by atoms with Crippen molar-refractivity contribution in [1.82, 2.24) is 0 Å². The summed E-state index contributed by atoms with van der Waals surface area (Å²) in [6.45, 7) is 4.20. The Morgan fingerprint density at radius 3 is 3.12 bits per heavy atom. The van der Waals surface area contributed by atoms with Gasteiger partial charge >= 0.3 is 0 Å². The summed E-state index contributed by atoms with van der Waals surface area (Å²) in [7, 11) is 0. The van der Waals surface area contributed by atoms with Gasteiger partial charge in [-0.15, -0.1) is 0 Å². The summed E-state index contributed by atoms with van der Waals surface area (Å²) in [4.78, 5) is 13.3. The van der Waals surface area contributed by atoms with E-state index in [0.29, 0.717) is 10.3 Å². The van der Waals surface area contributed by atoms with E-state index in [2.05, 4.69) is 11.8 Å². The Morgan fingerprint density at radius 2 is 2.41 bits per heavy atom. The monoisotopic (exact) mass is 269 g/mol. The van der Waals surface area contributed by atoms with Crippen molar-refractivity contribution in [2.24, 2.45) is 0 Å². The third-order valence-corrected chi connectivity index (χ3v) is 4.66. The summed E-state index contributed by atoms with van der Waals surface area (Å²) < 4.78 is 0. The van der Waals surface area contributed by atoms with Crippen LogP contribution in [0.15, 0.2) is 18.2 Å². The van der Waals surface area contributed by atoms with Crippen molar-refractivity contribution >= 4 is 35.3 Å². The standard InChI is InChI=1S/C13H16ClNOS/c1-2-12-8-15(5-6-17-12)13-7-11(14)4-3-10(13)9-16/h3-4,7,9,12H,2,5-6,8H2,1H3. The van der Waals surface area contributed by atoms with Gasteiger partial charge in [0.2, 0.25) is 0 Å². The lowest BCUT2D eigenvalue weighted by atomic mass is 10.1. The van der Waals surface area contributed by atoms with E-state index in [1.807, 2.05) is 17.8 Å². The van der Waals surface area contributed by atoms with Crippen LogP contribution in [0.3, 0.4) is 0 Å². The number of aldehydes is 1. The maximum absolute atomic E-state index is 11.1. The summed E-state index contributed by atoms with van der Waals surface area (Å²) >= 11 is 8.03. The third-order valence-electron chi connectivity index (χ3n) is 3.05. The van der Waals surface area contributed by atoms with Gasteiger partial charge in [-0.2, -0.15) is 11.8 Å². The molecule has 1 aromatic carbocycles. The molecule has 4 heteroatoms. The number of hydrogen-bond donors (Lipinski definition) is 0. The first-order valence-corrected chi connectivity index (χ1v) is 7.28. The van der Waals surface area contributed by atoms with Gasteiger partial charge < -0.3 is 4.90 Å². The Hall–Kier alpha value is -0.670. The van der Waals surface area contributed by atoms with Gasteiger partial charge in [0.1, 0.15) is 0 Å². The van der Waals surface area contributed by atoms with Crippen molar-refractivity contribution in [3.8, 4) is 0 Å². The Labute approximate surface area is 111 Å². The maximum Gasteiger partial charge on any atom is 0.152 e. The summed E-state index contributed by atoms with van der Waals surface area (Å²) in [6, 6.07) is 5.46. The number of nitrogens with zero attached hydrogens (tertiary/aromatic N) is 1. The maximum atomic E-state index is 11.1. The number of anilines is 1. The van der Waals surface area contributed by atoms with Crippen molar-refractivity contribution in [3.05, 3.63) is 28.8 Å². The molecule has 0 aliphatic carbocycles. The summed E-state index contributed by atoms with van der Waals surface area (Å²) in [5.41, 5.74) is 1.71. The first-order chi connectivity index (χ1) is 8.24. The van der Waals surface area contributed by atoms with E-state index in [0.717, 1.165) is 42.8 Å². The molecule has 1 saturated heterocycles. The topological polar surface area (TPSA) is 20.3 Å². The molecule has 0 spiro atoms. The molecule has 1 atom stereocenters. The fourth-order valence-corrected chi connectivity index (χ4v) is 3.42. The predicted octanol–water partition coefficient (Wildman–Crippen LogP) is 3.48. The van der Waals surface area contributed by atoms with Gasteiger partial charge in [-0.25, -0.2) is 0 Å². The number of benzene rings is 1. The van der Waals surface area contributed by atoms with Crippen molar-refractivity contribution < 1.29 is 4.79 Å². The van der Waals surface area contributed by atoms with E-state index >= 15 is 0 Å². The highest BCUT2D eigenvalue weighted by molar-refractivity contribution is 8.00. The van der Waals surface area contributed by atoms with Crippen LogP contribution >= 0.6 is 23.4 Å². The van der Waals surface area contributed by atoms with Crippen LogP contribution in [0.4, 0.5) is 5.69 Å². The van der Waals surface area contributed by atoms with Gasteiger partial charge in [-0.05, 0) is 24.6 Å². The molecule has 92 valence electrons. The Balaban J connectivity index is 2.25. The highest BCUT2D eigenvalue weighted by Gasteiger charge is 2.21. The van der Waals surface area contributed by atoms with Crippen LogP contribution in [0.25, 0.3) is 0 Å². The first-order valence-electron chi connectivity index (χ1n) is 5.86. The molecule has 1 heterocycles. The molecule has 2 rings (SSSR count). The number of carbonyl (C=O) groups is 1. The molecule has 1 aliphatic rings. The molecule has 0 saturated carbocycles. The second kappa shape index (κ2) is 5.78. The van der Waals surface area contributed by atoms with Crippen LogP contribution in [0.2, 0.25) is 5.02 Å². The van der Waals surface area contributed by atoms with Gasteiger partial charge in [-0.1, -0.05) is 18.5 Å². The second-order valence-electron chi connectivity index (χ2n) is 4.17. The average Bonchev–Trinajstić information content (AvgIpc) is 2.39. The third kappa shape index (κ3) is 2.96. The lowest BCUT2D eigenvalue weighted by molar-refractivity contribution is 0.112. The van der Waals surface area contributed by atoms with Crippen LogP contribution < -0.4 is 4.90 Å². The molecular formula is C13H16ClNOS. The van der Waals surface area contributed by atoms with E-state index in [-0.39, 0.29) is 0 Å². The lowest BCUT2D eigenvalue weighted by Crippen LogP contribution is -2.38. The van der Waals surface area contributed by atoms with Crippen LogP contribution in [-0.4, -0.2) is 30.4 Å². The minimum absolute atomic E-state index is 0.655. The van der Waals surface area contributed by atoms with Gasteiger partial charge in [0, 0.05) is 40.4 Å². The zero-order chi connectivity index (χ0) is 12.3. The highest BCUT2D eigenvalue weighted by atomic mass is 35.5. The summed E-state index contributed by atoms with van der Waals surface area (Å²) in [5.74, 6) is 1.11. The Bertz CT molecular complexity index is 410. The fourth-order valence-electron chi connectivity index (χ4n) is 2.08. The van der Waals surface area contributed by atoms with Crippen molar-refractivity contribution in [2.45, 2.75) is 18.6 Å². The van der Waals surface area contributed by atoms with E-state index in [1.165, 1.54) is 0 Å². The lowest BCUT2D eigenvalue weighted by Gasteiger charge is -2.34. The summed E-state index contributed by atoms with van der Waals surface area (Å²) in [5, 5.41) is 1.35. The minimum Gasteiger partial charge on any atom is -0.369 e. The number of halogens is 1. The SMILES string of the molecule is CCC1CN(c2cc(Cl)ccc2C=O)CCS1. The number of thioether (sulfide) groups is 1. The normalized spacial score (nSPS) is 20.4. The van der Waals surface area contributed by atoms with Crippen LogP contribution in [0.1, 0.15) is 23.7 Å². The molecule has 0 N–H and O–H groups in total. The molecule has 1 fully saturated rings. The highest BCUT2D eigenvalue weighted by Crippen LogP contribution is 2.29.